The van der Waals surface area contributed by atoms with Crippen molar-refractivity contribution < 1.29 is 47.6 Å². The summed E-state index contributed by atoms with van der Waals surface area (Å²) < 4.78 is 43.4. The van der Waals surface area contributed by atoms with Crippen LogP contribution in [0, 0.1) is 0 Å². The highest BCUT2D eigenvalue weighted by molar-refractivity contribution is 7.52. The van der Waals surface area contributed by atoms with Crippen LogP contribution in [-0.4, -0.2) is 84.8 Å². The molecule has 0 spiro atoms. The van der Waals surface area contributed by atoms with E-state index in [9.17, 15) is 24.4 Å². The Bertz CT molecular complexity index is 1600. The average Bonchev–Trinajstić information content (AvgIpc) is 3.48. The van der Waals surface area contributed by atoms with Crippen molar-refractivity contribution in [3.63, 3.8) is 0 Å². The van der Waals surface area contributed by atoms with Gasteiger partial charge in [0.2, 0.25) is 5.95 Å². The number of ether oxygens (including phenoxy) is 3. The molecule has 0 saturated carbocycles. The zero-order chi connectivity index (χ0) is 33.8. The molecule has 0 amide bonds. The molecule has 1 saturated heterocycles. The summed E-state index contributed by atoms with van der Waals surface area (Å²) >= 11 is 0. The number of nitrogen functional groups attached to an aromatic ring is 2. The number of fused-ring (bicyclic) bond motifs is 1. The Morgan fingerprint density at radius 1 is 1.22 bits per heavy atom. The van der Waals surface area contributed by atoms with Crippen molar-refractivity contribution in [2.45, 2.75) is 83.6 Å². The lowest BCUT2D eigenvalue weighted by molar-refractivity contribution is -0.147. The van der Waals surface area contributed by atoms with Gasteiger partial charge in [-0.25, -0.2) is 9.55 Å². The highest BCUT2D eigenvalue weighted by atomic mass is 31.2. The summed E-state index contributed by atoms with van der Waals surface area (Å²) in [5.74, 6) is -1.15. The molecule has 7 N–H and O–H groups in total. The minimum atomic E-state index is -4.44. The maximum atomic E-state index is 14.2. The van der Waals surface area contributed by atoms with Gasteiger partial charge in [0, 0.05) is 6.42 Å². The molecule has 17 nitrogen and oxygen atoms in total. The van der Waals surface area contributed by atoms with E-state index in [0.717, 1.165) is 0 Å². The van der Waals surface area contributed by atoms with E-state index < -0.39 is 56.4 Å². The molecular weight excluding hydrogens is 625 g/mol. The summed E-state index contributed by atoms with van der Waals surface area (Å²) in [6.07, 6.45) is -2.84. The number of hydrogen-bond acceptors (Lipinski definition) is 15. The second kappa shape index (κ2) is 14.3. The number of aliphatic hydroxyl groups is 2. The van der Waals surface area contributed by atoms with Crippen LogP contribution in [0.5, 0.6) is 5.75 Å². The van der Waals surface area contributed by atoms with Gasteiger partial charge in [0.05, 0.1) is 25.6 Å². The molecular formula is C28H40N7O10P. The minimum absolute atomic E-state index is 0.0105. The van der Waals surface area contributed by atoms with Crippen LogP contribution >= 0.6 is 7.75 Å². The van der Waals surface area contributed by atoms with Gasteiger partial charge in [0.15, 0.2) is 17.7 Å². The lowest BCUT2D eigenvalue weighted by atomic mass is 9.96. The average molecular weight is 666 g/mol. The number of para-hydroxylation sites is 1. The van der Waals surface area contributed by atoms with Crippen molar-refractivity contribution in [3.8, 4) is 5.75 Å². The molecule has 252 valence electrons. The van der Waals surface area contributed by atoms with Crippen LogP contribution in [0.3, 0.4) is 0 Å². The third-order valence-corrected chi connectivity index (χ3v) is 8.66. The molecule has 1 fully saturated rings. The van der Waals surface area contributed by atoms with Crippen molar-refractivity contribution in [2.75, 3.05) is 24.7 Å². The standard InChI is InChI=1S/C28H40N7O10P/c1-6-41-25(38)16(4)34-46(40,45-18-10-8-7-9-17(18)11-12-20(36)43-15(2)3)42-13-19-22(37)28(5,39)26(44-19)35-14-31-21-23(29)32-27(30)33-24(21)35/h7-10,14-16,19,22,26,37,39H,6,11-13H2,1-5H3,(H,34,40)(H4,29,30,32,33)/t16-,19+,22-,26+,28+,46+/m0/s1. The lowest BCUT2D eigenvalue weighted by Gasteiger charge is -2.27. The molecule has 0 bridgehead atoms. The first-order chi connectivity index (χ1) is 21.6. The third kappa shape index (κ3) is 7.92. The zero-order valence-electron chi connectivity index (χ0n) is 26.2. The lowest BCUT2D eigenvalue weighted by Crippen LogP contribution is -2.44. The normalized spacial score (nSPS) is 23.3. The molecule has 0 radical (unpaired) electrons. The van der Waals surface area contributed by atoms with E-state index in [1.165, 1.54) is 30.8 Å². The van der Waals surface area contributed by atoms with Gasteiger partial charge in [-0.3, -0.25) is 18.7 Å². The molecule has 1 aliphatic rings. The monoisotopic (exact) mass is 665 g/mol. The smallest absolute Gasteiger partial charge is 0.459 e. The Kier molecular flexibility index (Phi) is 10.9. The van der Waals surface area contributed by atoms with E-state index in [0.29, 0.717) is 5.56 Å². The van der Waals surface area contributed by atoms with Crippen LogP contribution in [0.1, 0.15) is 52.8 Å². The summed E-state index contributed by atoms with van der Waals surface area (Å²) in [5.41, 5.74) is 10.6. The number of carbonyl (C=O) groups excluding carboxylic acids is 2. The van der Waals surface area contributed by atoms with Crippen molar-refractivity contribution in [2.24, 2.45) is 0 Å². The fraction of sp³-hybridized carbons (Fsp3) is 0.536. The Morgan fingerprint density at radius 2 is 1.93 bits per heavy atom. The Labute approximate surface area is 265 Å². The number of anilines is 2. The number of hydrogen-bond donors (Lipinski definition) is 5. The SMILES string of the molecule is CCOC(=O)[C@H](C)N[P@@](=O)(OC[C@H]1O[C@@H](n2cnc3c(N)nc(N)nc32)[C@](C)(O)[C@H]1O)Oc1ccccc1CCC(=O)OC(C)C. The van der Waals surface area contributed by atoms with Crippen molar-refractivity contribution in [3.05, 3.63) is 36.2 Å². The van der Waals surface area contributed by atoms with E-state index in [4.69, 9.17) is 34.7 Å². The van der Waals surface area contributed by atoms with Crippen LogP contribution in [0.15, 0.2) is 30.6 Å². The number of imidazole rings is 1. The summed E-state index contributed by atoms with van der Waals surface area (Å²) in [5, 5.41) is 24.9. The Balaban J connectivity index is 1.57. The second-order valence-corrected chi connectivity index (χ2v) is 12.8. The predicted octanol–water partition coefficient (Wildman–Crippen LogP) is 1.63. The first-order valence-corrected chi connectivity index (χ1v) is 16.2. The summed E-state index contributed by atoms with van der Waals surface area (Å²) in [7, 11) is -4.44. The molecule has 1 aliphatic heterocycles. The van der Waals surface area contributed by atoms with Crippen LogP contribution < -0.4 is 21.1 Å². The van der Waals surface area contributed by atoms with Gasteiger partial charge in [0.25, 0.3) is 0 Å². The Hall–Kier alpha value is -3.86. The molecule has 3 aromatic rings. The number of nitrogens with two attached hydrogens (primary N) is 2. The molecule has 0 unspecified atom stereocenters. The molecule has 3 heterocycles. The fourth-order valence-electron chi connectivity index (χ4n) is 4.81. The summed E-state index contributed by atoms with van der Waals surface area (Å²) in [4.78, 5) is 36.8. The number of rotatable bonds is 14. The number of benzene rings is 1. The molecule has 18 heteroatoms. The van der Waals surface area contributed by atoms with Crippen LogP contribution in [0.25, 0.3) is 11.2 Å². The number of nitrogens with one attached hydrogen (secondary N) is 1. The number of aliphatic hydroxyl groups excluding tert-OH is 1. The van der Waals surface area contributed by atoms with E-state index in [1.54, 1.807) is 39.0 Å². The molecule has 2 aromatic heterocycles. The highest BCUT2D eigenvalue weighted by Crippen LogP contribution is 2.48. The molecule has 6 atom stereocenters. The van der Waals surface area contributed by atoms with Crippen molar-refractivity contribution in [1.82, 2.24) is 24.6 Å². The first-order valence-electron chi connectivity index (χ1n) is 14.6. The summed E-state index contributed by atoms with van der Waals surface area (Å²) in [6, 6.07) is 5.42. The van der Waals surface area contributed by atoms with E-state index in [2.05, 4.69) is 20.0 Å². The molecule has 0 aliphatic carbocycles. The maximum Gasteiger partial charge on any atom is 0.459 e. The van der Waals surface area contributed by atoms with Gasteiger partial charge in [-0.1, -0.05) is 18.2 Å². The van der Waals surface area contributed by atoms with Gasteiger partial charge in [-0.2, -0.15) is 15.1 Å². The number of carbonyl (C=O) groups is 2. The van der Waals surface area contributed by atoms with Gasteiger partial charge in [-0.15, -0.1) is 0 Å². The zero-order valence-corrected chi connectivity index (χ0v) is 27.0. The topological polar surface area (TPSA) is 245 Å². The fourth-order valence-corrected chi connectivity index (χ4v) is 6.35. The van der Waals surface area contributed by atoms with Crippen LogP contribution in [0.2, 0.25) is 0 Å². The number of aryl methyl sites for hydroxylation is 1. The van der Waals surface area contributed by atoms with Crippen molar-refractivity contribution in [1.29, 1.82) is 0 Å². The predicted molar refractivity (Wildman–Crippen MR) is 164 cm³/mol. The number of esters is 2. The number of aromatic nitrogens is 4. The molecule has 1 aromatic carbocycles. The number of nitrogens with zero attached hydrogens (tertiary/aromatic N) is 4. The van der Waals surface area contributed by atoms with Gasteiger partial charge >= 0.3 is 19.7 Å². The van der Waals surface area contributed by atoms with E-state index in [1.807, 2.05) is 0 Å². The molecule has 4 rings (SSSR count). The molecule has 46 heavy (non-hydrogen) atoms. The van der Waals surface area contributed by atoms with Crippen LogP contribution in [-0.2, 0) is 39.3 Å². The van der Waals surface area contributed by atoms with Crippen LogP contribution in [0.4, 0.5) is 11.8 Å². The highest BCUT2D eigenvalue weighted by Gasteiger charge is 2.54. The summed E-state index contributed by atoms with van der Waals surface area (Å²) in [6.45, 7) is 7.36. The maximum absolute atomic E-state index is 14.2. The first kappa shape index (κ1) is 35.0. The Morgan fingerprint density at radius 3 is 2.63 bits per heavy atom. The quantitative estimate of drug-likeness (QED) is 0.121. The van der Waals surface area contributed by atoms with Gasteiger partial charge in [-0.05, 0) is 52.7 Å². The largest absolute Gasteiger partial charge is 0.465 e. The van der Waals surface area contributed by atoms with Gasteiger partial charge < -0.3 is 40.4 Å². The second-order valence-electron chi connectivity index (χ2n) is 11.1. The van der Waals surface area contributed by atoms with E-state index >= 15 is 0 Å². The van der Waals surface area contributed by atoms with E-state index in [-0.39, 0.29) is 54.2 Å². The van der Waals surface area contributed by atoms with Gasteiger partial charge in [0.1, 0.15) is 35.1 Å². The van der Waals surface area contributed by atoms with Crippen molar-refractivity contribution >= 4 is 42.6 Å². The third-order valence-electron chi connectivity index (χ3n) is 7.03. The minimum Gasteiger partial charge on any atom is -0.465 e.